The largest absolute Gasteiger partial charge is 0.478 e. The Morgan fingerprint density at radius 3 is 2.62 bits per heavy atom. The molecule has 0 spiro atoms. The highest BCUT2D eigenvalue weighted by Crippen LogP contribution is 2.07. The van der Waals surface area contributed by atoms with Crippen molar-refractivity contribution in [2.24, 2.45) is 0 Å². The second-order valence-corrected chi connectivity index (χ2v) is 3.59. The number of hydrogen-bond acceptors (Lipinski definition) is 2. The summed E-state index contributed by atoms with van der Waals surface area (Å²) in [6, 6.07) is 6.45. The van der Waals surface area contributed by atoms with Crippen molar-refractivity contribution in [1.29, 1.82) is 0 Å². The predicted octanol–water partition coefficient (Wildman–Crippen LogP) is 1.41. The van der Waals surface area contributed by atoms with Crippen molar-refractivity contribution in [2.45, 2.75) is 13.3 Å². The number of aromatic carboxylic acids is 1. The van der Waals surface area contributed by atoms with Gasteiger partial charge in [-0.3, -0.25) is 4.79 Å². The van der Waals surface area contributed by atoms with E-state index in [0.29, 0.717) is 6.54 Å². The maximum absolute atomic E-state index is 11.6. The van der Waals surface area contributed by atoms with Gasteiger partial charge in [-0.2, -0.15) is 0 Å². The third kappa shape index (κ3) is 3.08. The summed E-state index contributed by atoms with van der Waals surface area (Å²) in [4.78, 5) is 23.9. The van der Waals surface area contributed by atoms with E-state index < -0.39 is 5.97 Å². The van der Waals surface area contributed by atoms with Gasteiger partial charge in [0.05, 0.1) is 12.0 Å². The van der Waals surface area contributed by atoms with Gasteiger partial charge in [0.15, 0.2) is 0 Å². The summed E-state index contributed by atoms with van der Waals surface area (Å²) >= 11 is 0. The number of amides is 1. The number of carbonyl (C=O) groups is 2. The first-order valence-corrected chi connectivity index (χ1v) is 5.10. The van der Waals surface area contributed by atoms with E-state index in [2.05, 4.69) is 0 Å². The normalized spacial score (nSPS) is 9.88. The molecule has 4 heteroatoms. The van der Waals surface area contributed by atoms with Crippen molar-refractivity contribution >= 4 is 11.9 Å². The number of benzene rings is 1. The number of rotatable bonds is 4. The molecule has 0 atom stereocenters. The highest BCUT2D eigenvalue weighted by Gasteiger charge is 2.09. The average molecular weight is 221 g/mol. The molecule has 1 N–H and O–H groups in total. The van der Waals surface area contributed by atoms with Crippen LogP contribution in [0.5, 0.6) is 0 Å². The fourth-order valence-electron chi connectivity index (χ4n) is 1.30. The Balaban J connectivity index is 2.78. The summed E-state index contributed by atoms with van der Waals surface area (Å²) in [6.07, 6.45) is 0.242. The molecule has 0 radical (unpaired) electrons. The fourth-order valence-corrected chi connectivity index (χ4v) is 1.30. The highest BCUT2D eigenvalue weighted by atomic mass is 16.4. The lowest BCUT2D eigenvalue weighted by atomic mass is 10.1. The van der Waals surface area contributed by atoms with Gasteiger partial charge in [-0.15, -0.1) is 0 Å². The SMILES string of the molecule is CCN(C)C(=O)Cc1cccc(C(=O)O)c1. The Hall–Kier alpha value is -1.84. The van der Waals surface area contributed by atoms with Crippen LogP contribution in [0.15, 0.2) is 24.3 Å². The molecule has 1 aromatic carbocycles. The van der Waals surface area contributed by atoms with E-state index in [4.69, 9.17) is 5.11 Å². The van der Waals surface area contributed by atoms with Crippen LogP contribution in [-0.2, 0) is 11.2 Å². The van der Waals surface area contributed by atoms with Crippen LogP contribution in [-0.4, -0.2) is 35.5 Å². The van der Waals surface area contributed by atoms with Crippen LogP contribution in [0.25, 0.3) is 0 Å². The number of hydrogen-bond donors (Lipinski definition) is 1. The average Bonchev–Trinajstić information content (AvgIpc) is 2.28. The van der Waals surface area contributed by atoms with E-state index >= 15 is 0 Å². The van der Waals surface area contributed by atoms with Crippen molar-refractivity contribution in [2.75, 3.05) is 13.6 Å². The van der Waals surface area contributed by atoms with Crippen LogP contribution >= 0.6 is 0 Å². The molecule has 0 saturated heterocycles. The zero-order valence-electron chi connectivity index (χ0n) is 9.43. The standard InChI is InChI=1S/C12H15NO3/c1-3-13(2)11(14)8-9-5-4-6-10(7-9)12(15)16/h4-7H,3,8H2,1-2H3,(H,15,16). The minimum absolute atomic E-state index is 0.00922. The molecule has 0 bridgehead atoms. The molecule has 0 aliphatic carbocycles. The van der Waals surface area contributed by atoms with Gasteiger partial charge in [0.2, 0.25) is 5.91 Å². The summed E-state index contributed by atoms with van der Waals surface area (Å²) in [5.41, 5.74) is 0.939. The van der Waals surface area contributed by atoms with E-state index in [9.17, 15) is 9.59 Å². The molecular formula is C12H15NO3. The summed E-state index contributed by atoms with van der Waals surface area (Å²) in [7, 11) is 1.73. The zero-order valence-corrected chi connectivity index (χ0v) is 9.43. The minimum Gasteiger partial charge on any atom is -0.478 e. The second-order valence-electron chi connectivity index (χ2n) is 3.59. The molecule has 1 rings (SSSR count). The van der Waals surface area contributed by atoms with Gasteiger partial charge in [0.25, 0.3) is 0 Å². The monoisotopic (exact) mass is 221 g/mol. The first-order chi connectivity index (χ1) is 7.54. The van der Waals surface area contributed by atoms with Crippen LogP contribution in [0.2, 0.25) is 0 Å². The molecule has 1 aromatic rings. The van der Waals surface area contributed by atoms with Crippen LogP contribution in [0.4, 0.5) is 0 Å². The minimum atomic E-state index is -0.974. The quantitative estimate of drug-likeness (QED) is 0.836. The molecule has 4 nitrogen and oxygen atoms in total. The molecule has 0 fully saturated rings. The maximum Gasteiger partial charge on any atom is 0.335 e. The van der Waals surface area contributed by atoms with E-state index in [1.165, 1.54) is 12.1 Å². The van der Waals surface area contributed by atoms with Crippen LogP contribution in [0.1, 0.15) is 22.8 Å². The number of carboxylic acids is 1. The lowest BCUT2D eigenvalue weighted by Gasteiger charge is -2.14. The molecule has 86 valence electrons. The first-order valence-electron chi connectivity index (χ1n) is 5.10. The van der Waals surface area contributed by atoms with E-state index in [0.717, 1.165) is 5.56 Å². The van der Waals surface area contributed by atoms with E-state index in [1.807, 2.05) is 6.92 Å². The molecule has 0 aliphatic rings. The van der Waals surface area contributed by atoms with E-state index in [-0.39, 0.29) is 17.9 Å². The summed E-state index contributed by atoms with van der Waals surface area (Å²) in [6.45, 7) is 2.54. The van der Waals surface area contributed by atoms with Gasteiger partial charge >= 0.3 is 5.97 Å². The highest BCUT2D eigenvalue weighted by molar-refractivity contribution is 5.88. The summed E-state index contributed by atoms with van der Waals surface area (Å²) in [5.74, 6) is -0.983. The van der Waals surface area contributed by atoms with Gasteiger partial charge < -0.3 is 10.0 Å². The zero-order chi connectivity index (χ0) is 12.1. The molecule has 0 aliphatic heterocycles. The van der Waals surface area contributed by atoms with Crippen molar-refractivity contribution in [1.82, 2.24) is 4.90 Å². The lowest BCUT2D eigenvalue weighted by Crippen LogP contribution is -2.27. The number of carboxylic acid groups (broad SMARTS) is 1. The van der Waals surface area contributed by atoms with Gasteiger partial charge in [0.1, 0.15) is 0 Å². The van der Waals surface area contributed by atoms with Gasteiger partial charge in [-0.1, -0.05) is 12.1 Å². The van der Waals surface area contributed by atoms with Crippen molar-refractivity contribution in [3.8, 4) is 0 Å². The Bertz CT molecular complexity index is 401. The summed E-state index contributed by atoms with van der Waals surface area (Å²) < 4.78 is 0. The topological polar surface area (TPSA) is 57.6 Å². The summed E-state index contributed by atoms with van der Waals surface area (Å²) in [5, 5.41) is 8.80. The first kappa shape index (κ1) is 12.2. The molecule has 0 saturated carbocycles. The molecule has 0 aromatic heterocycles. The smallest absolute Gasteiger partial charge is 0.335 e. The van der Waals surface area contributed by atoms with Crippen molar-refractivity contribution < 1.29 is 14.7 Å². The van der Waals surface area contributed by atoms with Crippen molar-refractivity contribution in [3.63, 3.8) is 0 Å². The van der Waals surface area contributed by atoms with E-state index in [1.54, 1.807) is 24.1 Å². The van der Waals surface area contributed by atoms with Crippen LogP contribution in [0, 0.1) is 0 Å². The molecule has 1 amide bonds. The third-order valence-corrected chi connectivity index (χ3v) is 2.43. The Kier molecular flexibility index (Phi) is 4.05. The molecule has 0 unspecified atom stereocenters. The Morgan fingerprint density at radius 2 is 2.06 bits per heavy atom. The Labute approximate surface area is 94.5 Å². The number of nitrogens with zero attached hydrogens (tertiary/aromatic N) is 1. The number of carbonyl (C=O) groups excluding carboxylic acids is 1. The maximum atomic E-state index is 11.6. The lowest BCUT2D eigenvalue weighted by molar-refractivity contribution is -0.128. The molecule has 16 heavy (non-hydrogen) atoms. The molecular weight excluding hydrogens is 206 g/mol. The van der Waals surface area contributed by atoms with Crippen LogP contribution < -0.4 is 0 Å². The Morgan fingerprint density at radius 1 is 1.38 bits per heavy atom. The number of likely N-dealkylation sites (N-methyl/N-ethyl adjacent to an activating group) is 1. The molecule has 0 heterocycles. The fraction of sp³-hybridized carbons (Fsp3) is 0.333. The third-order valence-electron chi connectivity index (χ3n) is 2.43. The van der Waals surface area contributed by atoms with Crippen molar-refractivity contribution in [3.05, 3.63) is 35.4 Å². The van der Waals surface area contributed by atoms with Gasteiger partial charge in [-0.05, 0) is 24.6 Å². The predicted molar refractivity (Wildman–Crippen MR) is 60.4 cm³/mol. The van der Waals surface area contributed by atoms with Gasteiger partial charge in [-0.25, -0.2) is 4.79 Å². The second kappa shape index (κ2) is 5.30. The van der Waals surface area contributed by atoms with Gasteiger partial charge in [0, 0.05) is 13.6 Å². The van der Waals surface area contributed by atoms with Crippen LogP contribution in [0.3, 0.4) is 0 Å².